The smallest absolute Gasteiger partial charge is 0.417 e. The molecule has 0 unspecified atom stereocenters. The van der Waals surface area contributed by atoms with Gasteiger partial charge in [0.25, 0.3) is 0 Å². The maximum absolute atomic E-state index is 12.5. The van der Waals surface area contributed by atoms with Crippen LogP contribution in [0.15, 0.2) is 18.3 Å². The first kappa shape index (κ1) is 14.5. The maximum Gasteiger partial charge on any atom is 0.417 e. The number of Topliss-reactive ketones (excluding diaryl/α,β-unsaturated/α-hetero) is 1. The third-order valence-electron chi connectivity index (χ3n) is 3.65. The minimum absolute atomic E-state index is 0.0335. The van der Waals surface area contributed by atoms with Gasteiger partial charge in [-0.1, -0.05) is 0 Å². The van der Waals surface area contributed by atoms with Gasteiger partial charge in [-0.3, -0.25) is 14.6 Å². The van der Waals surface area contributed by atoms with E-state index in [4.69, 9.17) is 0 Å². The van der Waals surface area contributed by atoms with Crippen molar-refractivity contribution in [2.24, 2.45) is 0 Å². The molecule has 1 saturated carbocycles. The molecule has 1 heterocycles. The van der Waals surface area contributed by atoms with Crippen molar-refractivity contribution in [2.45, 2.75) is 37.3 Å². The highest BCUT2D eigenvalue weighted by atomic mass is 19.4. The Morgan fingerprint density at radius 2 is 1.85 bits per heavy atom. The zero-order valence-corrected chi connectivity index (χ0v) is 10.4. The summed E-state index contributed by atoms with van der Waals surface area (Å²) >= 11 is 0. The Balaban J connectivity index is 2.36. The summed E-state index contributed by atoms with van der Waals surface area (Å²) in [6.07, 6.45) is -3.52. The van der Waals surface area contributed by atoms with E-state index in [1.807, 2.05) is 0 Å². The molecule has 20 heavy (non-hydrogen) atoms. The van der Waals surface area contributed by atoms with Gasteiger partial charge in [-0.05, 0) is 25.0 Å². The number of carboxylic acid groups (broad SMARTS) is 1. The summed E-state index contributed by atoms with van der Waals surface area (Å²) in [5.41, 5.74) is -2.21. The molecule has 7 heteroatoms. The fourth-order valence-corrected chi connectivity index (χ4v) is 2.38. The van der Waals surface area contributed by atoms with Crippen LogP contribution < -0.4 is 0 Å². The third kappa shape index (κ3) is 2.52. The van der Waals surface area contributed by atoms with Gasteiger partial charge in [-0.2, -0.15) is 13.2 Å². The highest BCUT2D eigenvalue weighted by Gasteiger charge is 2.44. The van der Waals surface area contributed by atoms with E-state index in [1.165, 1.54) is 0 Å². The van der Waals surface area contributed by atoms with Crippen molar-refractivity contribution in [1.29, 1.82) is 0 Å². The molecule has 0 saturated heterocycles. The molecule has 4 nitrogen and oxygen atoms in total. The first-order chi connectivity index (χ1) is 9.25. The Kier molecular flexibility index (Phi) is 3.54. The molecule has 1 N–H and O–H groups in total. The molecule has 0 bridgehead atoms. The Hall–Kier alpha value is -1.92. The Morgan fingerprint density at radius 3 is 2.25 bits per heavy atom. The third-order valence-corrected chi connectivity index (χ3v) is 3.65. The fourth-order valence-electron chi connectivity index (χ4n) is 2.38. The minimum atomic E-state index is -4.51. The number of ketones is 1. The van der Waals surface area contributed by atoms with Crippen molar-refractivity contribution in [3.8, 4) is 0 Å². The molecule has 0 radical (unpaired) electrons. The van der Waals surface area contributed by atoms with Crippen LogP contribution in [0.5, 0.6) is 0 Å². The van der Waals surface area contributed by atoms with E-state index in [0.29, 0.717) is 6.20 Å². The second-order valence-electron chi connectivity index (χ2n) is 4.86. The number of aliphatic carboxylic acids is 1. The summed E-state index contributed by atoms with van der Waals surface area (Å²) < 4.78 is 37.4. The number of carboxylic acids is 1. The van der Waals surface area contributed by atoms with Crippen LogP contribution in [-0.2, 0) is 21.2 Å². The number of pyridine rings is 1. The van der Waals surface area contributed by atoms with Gasteiger partial charge in [0.15, 0.2) is 0 Å². The van der Waals surface area contributed by atoms with Crippen molar-refractivity contribution in [3.63, 3.8) is 0 Å². The van der Waals surface area contributed by atoms with Gasteiger partial charge in [0.05, 0.1) is 11.3 Å². The van der Waals surface area contributed by atoms with Crippen LogP contribution in [0.3, 0.4) is 0 Å². The molecule has 0 aliphatic heterocycles. The van der Waals surface area contributed by atoms with E-state index in [2.05, 4.69) is 4.98 Å². The largest absolute Gasteiger partial charge is 0.481 e. The first-order valence-corrected chi connectivity index (χ1v) is 6.04. The Labute approximate surface area is 112 Å². The number of nitrogens with zero attached hydrogens (tertiary/aromatic N) is 1. The second-order valence-corrected chi connectivity index (χ2v) is 4.86. The lowest BCUT2D eigenvalue weighted by Gasteiger charge is -2.32. The molecule has 108 valence electrons. The average molecular weight is 287 g/mol. The quantitative estimate of drug-likeness (QED) is 0.907. The van der Waals surface area contributed by atoms with Gasteiger partial charge in [0.1, 0.15) is 11.2 Å². The predicted molar refractivity (Wildman–Crippen MR) is 62.0 cm³/mol. The summed E-state index contributed by atoms with van der Waals surface area (Å²) in [7, 11) is 0. The molecular weight excluding hydrogens is 275 g/mol. The molecule has 1 fully saturated rings. The number of halogens is 3. The highest BCUT2D eigenvalue weighted by molar-refractivity contribution is 5.87. The van der Waals surface area contributed by atoms with Crippen LogP contribution in [-0.4, -0.2) is 21.8 Å². The van der Waals surface area contributed by atoms with Crippen molar-refractivity contribution in [2.75, 3.05) is 0 Å². The molecule has 0 spiro atoms. The molecular formula is C13H12F3NO3. The van der Waals surface area contributed by atoms with E-state index in [1.54, 1.807) is 0 Å². The number of rotatable bonds is 2. The zero-order valence-electron chi connectivity index (χ0n) is 10.4. The summed E-state index contributed by atoms with van der Waals surface area (Å²) in [5.74, 6) is -1.19. The summed E-state index contributed by atoms with van der Waals surface area (Å²) in [5, 5.41) is 9.38. The Morgan fingerprint density at radius 1 is 1.25 bits per heavy atom. The molecule has 1 aliphatic rings. The van der Waals surface area contributed by atoms with Crippen LogP contribution in [0.4, 0.5) is 13.2 Å². The molecule has 1 aliphatic carbocycles. The summed E-state index contributed by atoms with van der Waals surface area (Å²) in [6, 6.07) is 1.91. The first-order valence-electron chi connectivity index (χ1n) is 6.04. The fraction of sp³-hybridized carbons (Fsp3) is 0.462. The van der Waals surface area contributed by atoms with Gasteiger partial charge in [-0.25, -0.2) is 0 Å². The number of hydrogen-bond donors (Lipinski definition) is 1. The van der Waals surface area contributed by atoms with Crippen molar-refractivity contribution in [1.82, 2.24) is 4.98 Å². The van der Waals surface area contributed by atoms with Crippen molar-refractivity contribution < 1.29 is 27.9 Å². The lowest BCUT2D eigenvalue weighted by atomic mass is 9.71. The number of aromatic nitrogens is 1. The molecule has 0 amide bonds. The minimum Gasteiger partial charge on any atom is -0.481 e. The SMILES string of the molecule is O=C1CCC(C(=O)O)(c2ccc(C(F)(F)F)cn2)CC1. The normalized spacial score (nSPS) is 18.9. The number of carbonyl (C=O) groups excluding carboxylic acids is 1. The average Bonchev–Trinajstić information content (AvgIpc) is 2.39. The van der Waals surface area contributed by atoms with Crippen LogP contribution in [0.2, 0.25) is 0 Å². The van der Waals surface area contributed by atoms with Gasteiger partial charge < -0.3 is 5.11 Å². The van der Waals surface area contributed by atoms with Crippen LogP contribution in [0.1, 0.15) is 36.9 Å². The lowest BCUT2D eigenvalue weighted by molar-refractivity contribution is -0.146. The van der Waals surface area contributed by atoms with Crippen LogP contribution in [0.25, 0.3) is 0 Å². The highest BCUT2D eigenvalue weighted by Crippen LogP contribution is 2.38. The van der Waals surface area contributed by atoms with E-state index in [-0.39, 0.29) is 37.2 Å². The monoisotopic (exact) mass is 287 g/mol. The molecule has 1 aromatic rings. The van der Waals surface area contributed by atoms with Gasteiger partial charge >= 0.3 is 12.1 Å². The number of hydrogen-bond acceptors (Lipinski definition) is 3. The summed E-state index contributed by atoms with van der Waals surface area (Å²) in [6.45, 7) is 0. The van der Waals surface area contributed by atoms with E-state index >= 15 is 0 Å². The van der Waals surface area contributed by atoms with Crippen molar-refractivity contribution >= 4 is 11.8 Å². The van der Waals surface area contributed by atoms with Gasteiger partial charge in [0, 0.05) is 19.0 Å². The molecule has 1 aromatic heterocycles. The van der Waals surface area contributed by atoms with Gasteiger partial charge in [0.2, 0.25) is 0 Å². The molecule has 2 rings (SSSR count). The topological polar surface area (TPSA) is 67.3 Å². The lowest BCUT2D eigenvalue weighted by Crippen LogP contribution is -2.40. The zero-order chi connectivity index (χ0) is 15.0. The predicted octanol–water partition coefficient (Wildman–Crippen LogP) is 2.57. The van der Waals surface area contributed by atoms with E-state index in [0.717, 1.165) is 12.1 Å². The summed E-state index contributed by atoms with van der Waals surface area (Å²) in [4.78, 5) is 26.4. The van der Waals surface area contributed by atoms with E-state index in [9.17, 15) is 27.9 Å². The van der Waals surface area contributed by atoms with Gasteiger partial charge in [-0.15, -0.1) is 0 Å². The Bertz CT molecular complexity index is 527. The second kappa shape index (κ2) is 4.88. The van der Waals surface area contributed by atoms with Crippen molar-refractivity contribution in [3.05, 3.63) is 29.6 Å². The van der Waals surface area contributed by atoms with Crippen LogP contribution in [0, 0.1) is 0 Å². The number of carbonyl (C=O) groups is 2. The standard InChI is InChI=1S/C13H12F3NO3/c14-13(15,16)8-1-2-10(17-7-8)12(11(19)20)5-3-9(18)4-6-12/h1-2,7H,3-6H2,(H,19,20). The molecule has 0 aromatic carbocycles. The maximum atomic E-state index is 12.5. The molecule has 0 atom stereocenters. The van der Waals surface area contributed by atoms with E-state index < -0.39 is 23.1 Å². The number of alkyl halides is 3. The van der Waals surface area contributed by atoms with Crippen LogP contribution >= 0.6 is 0 Å².